The molecule has 0 bridgehead atoms. The van der Waals surface area contributed by atoms with Crippen LogP contribution in [0.25, 0.3) is 0 Å². The minimum Gasteiger partial charge on any atom is -0.356 e. The number of hydrogen-bond donors (Lipinski definition) is 0. The summed E-state index contributed by atoms with van der Waals surface area (Å²) in [5.74, 6) is -0.228. The van der Waals surface area contributed by atoms with Crippen molar-refractivity contribution in [3.05, 3.63) is 0 Å². The van der Waals surface area contributed by atoms with E-state index < -0.39 is 0 Å². The highest BCUT2D eigenvalue weighted by atomic mass is 16.5. The van der Waals surface area contributed by atoms with Gasteiger partial charge in [0.1, 0.15) is 12.0 Å². The summed E-state index contributed by atoms with van der Waals surface area (Å²) in [6.07, 6.45) is -0.255. The van der Waals surface area contributed by atoms with Gasteiger partial charge in [0.05, 0.1) is 19.1 Å². The highest BCUT2D eigenvalue weighted by Crippen LogP contribution is 2.31. The molecule has 0 radical (unpaired) electrons. The summed E-state index contributed by atoms with van der Waals surface area (Å²) in [6.45, 7) is 10.0. The fourth-order valence-electron chi connectivity index (χ4n) is 1.97. The maximum atomic E-state index is 11.9. The second-order valence-corrected chi connectivity index (χ2v) is 5.58. The number of nitrogens with zero attached hydrogens (tertiary/aromatic N) is 1. The minimum atomic E-state index is -0.227. The van der Waals surface area contributed by atoms with Crippen molar-refractivity contribution in [2.75, 3.05) is 6.61 Å². The lowest BCUT2D eigenvalue weighted by Gasteiger charge is -2.35. The lowest BCUT2D eigenvalue weighted by Crippen LogP contribution is -2.47. The number of carbonyl (C=O) groups is 2. The van der Waals surface area contributed by atoms with Gasteiger partial charge in [-0.05, 0) is 13.8 Å². The van der Waals surface area contributed by atoms with Crippen molar-refractivity contribution < 1.29 is 14.3 Å². The quantitative estimate of drug-likeness (QED) is 0.673. The molecule has 2 atom stereocenters. The largest absolute Gasteiger partial charge is 0.356 e. The van der Waals surface area contributed by atoms with Gasteiger partial charge < -0.3 is 9.64 Å². The van der Waals surface area contributed by atoms with Gasteiger partial charge in [-0.3, -0.25) is 9.59 Å². The molecule has 0 aromatic rings. The molecule has 1 amide bonds. The molecule has 4 heteroatoms. The first kappa shape index (κ1) is 13.2. The standard InChI is InChI=1S/C12H21NO3/c1-8-7-16-11(12(3,4)5)13(8)10(15)6-9(2)14/h8,11H,6-7H2,1-5H3/t8-,11-/m1/s1. The average molecular weight is 227 g/mol. The topological polar surface area (TPSA) is 46.6 Å². The molecule has 0 aliphatic carbocycles. The molecule has 0 N–H and O–H groups in total. The van der Waals surface area contributed by atoms with Crippen LogP contribution in [-0.4, -0.2) is 35.5 Å². The Labute approximate surface area is 96.9 Å². The maximum absolute atomic E-state index is 11.9. The van der Waals surface area contributed by atoms with E-state index in [0.29, 0.717) is 6.61 Å². The summed E-state index contributed by atoms with van der Waals surface area (Å²) in [6, 6.07) is 0.0519. The van der Waals surface area contributed by atoms with Crippen molar-refractivity contribution in [2.45, 2.75) is 53.3 Å². The first-order chi connectivity index (χ1) is 7.23. The molecule has 1 fully saturated rings. The Morgan fingerprint density at radius 2 is 1.94 bits per heavy atom. The van der Waals surface area contributed by atoms with Crippen LogP contribution < -0.4 is 0 Å². The molecule has 1 aliphatic rings. The van der Waals surface area contributed by atoms with Crippen LogP contribution in [0.2, 0.25) is 0 Å². The first-order valence-electron chi connectivity index (χ1n) is 5.65. The third-order valence-corrected chi connectivity index (χ3v) is 2.65. The number of ketones is 1. The smallest absolute Gasteiger partial charge is 0.232 e. The SMILES string of the molecule is CC(=O)CC(=O)N1[C@H](C)CO[C@@H]1C(C)(C)C. The summed E-state index contributed by atoms with van der Waals surface area (Å²) in [7, 11) is 0. The van der Waals surface area contributed by atoms with Gasteiger partial charge in [0, 0.05) is 5.41 Å². The molecule has 0 saturated carbocycles. The van der Waals surface area contributed by atoms with Gasteiger partial charge in [-0.25, -0.2) is 0 Å². The first-order valence-corrected chi connectivity index (χ1v) is 5.65. The van der Waals surface area contributed by atoms with Gasteiger partial charge in [-0.2, -0.15) is 0 Å². The van der Waals surface area contributed by atoms with E-state index in [2.05, 4.69) is 0 Å². The number of carbonyl (C=O) groups excluding carboxylic acids is 2. The van der Waals surface area contributed by atoms with E-state index in [0.717, 1.165) is 0 Å². The van der Waals surface area contributed by atoms with Crippen LogP contribution in [0.1, 0.15) is 41.0 Å². The summed E-state index contributed by atoms with van der Waals surface area (Å²) < 4.78 is 5.64. The number of hydrogen-bond acceptors (Lipinski definition) is 3. The zero-order valence-electron chi connectivity index (χ0n) is 10.7. The number of ether oxygens (including phenoxy) is 1. The summed E-state index contributed by atoms with van der Waals surface area (Å²) in [4.78, 5) is 24.6. The van der Waals surface area contributed by atoms with Crippen LogP contribution in [0, 0.1) is 5.41 Å². The Bertz CT molecular complexity index is 293. The van der Waals surface area contributed by atoms with Gasteiger partial charge in [0.25, 0.3) is 0 Å². The number of Topliss-reactive ketones (excluding diaryl/α,β-unsaturated/α-hetero) is 1. The van der Waals surface area contributed by atoms with Crippen LogP contribution in [0.15, 0.2) is 0 Å². The molecule has 0 aromatic heterocycles. The molecule has 92 valence electrons. The van der Waals surface area contributed by atoms with E-state index in [1.165, 1.54) is 6.92 Å². The van der Waals surface area contributed by atoms with Crippen LogP contribution in [0.5, 0.6) is 0 Å². The maximum Gasteiger partial charge on any atom is 0.232 e. The molecule has 1 saturated heterocycles. The fourth-order valence-corrected chi connectivity index (χ4v) is 1.97. The van der Waals surface area contributed by atoms with E-state index in [1.54, 1.807) is 4.90 Å². The van der Waals surface area contributed by atoms with E-state index in [1.807, 2.05) is 27.7 Å². The van der Waals surface area contributed by atoms with E-state index in [9.17, 15) is 9.59 Å². The summed E-state index contributed by atoms with van der Waals surface area (Å²) in [5.41, 5.74) is -0.128. The van der Waals surface area contributed by atoms with E-state index in [4.69, 9.17) is 4.74 Å². The molecule has 1 heterocycles. The van der Waals surface area contributed by atoms with Gasteiger partial charge in [0.15, 0.2) is 0 Å². The Morgan fingerprint density at radius 1 is 1.38 bits per heavy atom. The van der Waals surface area contributed by atoms with Gasteiger partial charge in [0.2, 0.25) is 5.91 Å². The molecule has 0 spiro atoms. The summed E-state index contributed by atoms with van der Waals surface area (Å²) >= 11 is 0. The van der Waals surface area contributed by atoms with Crippen LogP contribution in [0.3, 0.4) is 0 Å². The molecule has 1 aliphatic heterocycles. The number of rotatable bonds is 2. The van der Waals surface area contributed by atoms with Crippen molar-refractivity contribution >= 4 is 11.7 Å². The molecule has 1 rings (SSSR count). The van der Waals surface area contributed by atoms with Gasteiger partial charge in [-0.1, -0.05) is 20.8 Å². The average Bonchev–Trinajstić information content (AvgIpc) is 2.44. The molecule has 0 aromatic carbocycles. The Balaban J connectivity index is 2.82. The van der Waals surface area contributed by atoms with Crippen LogP contribution >= 0.6 is 0 Å². The summed E-state index contributed by atoms with van der Waals surface area (Å²) in [5, 5.41) is 0. The second kappa shape index (κ2) is 4.53. The lowest BCUT2D eigenvalue weighted by atomic mass is 9.93. The van der Waals surface area contributed by atoms with E-state index >= 15 is 0 Å². The van der Waals surface area contributed by atoms with Crippen molar-refractivity contribution in [3.63, 3.8) is 0 Å². The van der Waals surface area contributed by atoms with Crippen molar-refractivity contribution in [1.82, 2.24) is 4.90 Å². The fraction of sp³-hybridized carbons (Fsp3) is 0.833. The molecular formula is C12H21NO3. The van der Waals surface area contributed by atoms with Gasteiger partial charge in [-0.15, -0.1) is 0 Å². The zero-order valence-corrected chi connectivity index (χ0v) is 10.7. The molecule has 4 nitrogen and oxygen atoms in total. The highest BCUT2D eigenvalue weighted by Gasteiger charge is 2.41. The predicted octanol–water partition coefficient (Wildman–Crippen LogP) is 1.58. The number of amides is 1. The lowest BCUT2D eigenvalue weighted by molar-refractivity contribution is -0.145. The second-order valence-electron chi connectivity index (χ2n) is 5.58. The zero-order chi connectivity index (χ0) is 12.5. The Morgan fingerprint density at radius 3 is 2.38 bits per heavy atom. The van der Waals surface area contributed by atoms with Crippen molar-refractivity contribution in [2.24, 2.45) is 5.41 Å². The molecular weight excluding hydrogens is 206 g/mol. The van der Waals surface area contributed by atoms with Crippen molar-refractivity contribution in [3.8, 4) is 0 Å². The monoisotopic (exact) mass is 227 g/mol. The van der Waals surface area contributed by atoms with Crippen LogP contribution in [-0.2, 0) is 14.3 Å². The minimum absolute atomic E-state index is 0.0275. The third kappa shape index (κ3) is 2.82. The van der Waals surface area contributed by atoms with Crippen molar-refractivity contribution in [1.29, 1.82) is 0 Å². The molecule has 16 heavy (non-hydrogen) atoms. The Hall–Kier alpha value is -0.900. The van der Waals surface area contributed by atoms with E-state index in [-0.39, 0.29) is 35.8 Å². The van der Waals surface area contributed by atoms with Crippen LogP contribution in [0.4, 0.5) is 0 Å². The third-order valence-electron chi connectivity index (χ3n) is 2.65. The normalized spacial score (nSPS) is 25.9. The Kier molecular flexibility index (Phi) is 3.73. The highest BCUT2D eigenvalue weighted by molar-refractivity contribution is 5.97. The molecule has 0 unspecified atom stereocenters. The van der Waals surface area contributed by atoms with Gasteiger partial charge >= 0.3 is 0 Å². The predicted molar refractivity (Wildman–Crippen MR) is 60.8 cm³/mol.